The number of rotatable bonds is 20. The molecule has 1 aromatic heterocycles. The third kappa shape index (κ3) is 13.5. The van der Waals surface area contributed by atoms with Crippen LogP contribution in [0.4, 0.5) is 5.69 Å². The van der Waals surface area contributed by atoms with Crippen LogP contribution in [0, 0.1) is 12.3 Å². The third-order valence-electron chi connectivity index (χ3n) is 14.1. The number of halogens is 1. The second-order valence-electron chi connectivity index (χ2n) is 20.5. The molecule has 72 heavy (non-hydrogen) atoms. The van der Waals surface area contributed by atoms with Gasteiger partial charge in [0.05, 0.1) is 58.7 Å². The van der Waals surface area contributed by atoms with Crippen LogP contribution in [0.15, 0.2) is 72.2 Å². The molecule has 0 unspecified atom stereocenters. The van der Waals surface area contributed by atoms with Gasteiger partial charge in [-0.2, -0.15) is 0 Å². The van der Waals surface area contributed by atoms with Crippen LogP contribution < -0.4 is 32.3 Å². The van der Waals surface area contributed by atoms with Crippen molar-refractivity contribution in [2.24, 2.45) is 16.9 Å². The summed E-state index contributed by atoms with van der Waals surface area (Å²) in [7, 11) is 0. The van der Waals surface area contributed by atoms with Crippen molar-refractivity contribution in [1.29, 1.82) is 0 Å². The number of primary amides is 1. The molecular weight excluding hydrogens is 956 g/mol. The number of aliphatic hydroxyl groups excluding tert-OH is 1. The smallest absolute Gasteiger partial charge is 0.246 e. The lowest BCUT2D eigenvalue weighted by Gasteiger charge is -2.35. The van der Waals surface area contributed by atoms with Crippen LogP contribution in [0.2, 0.25) is 0 Å². The number of nitrogens with zero attached hydrogens (tertiary/aromatic N) is 3. The van der Waals surface area contributed by atoms with E-state index in [4.69, 9.17) is 16.2 Å². The molecule has 6 amide bonds. The van der Waals surface area contributed by atoms with E-state index < -0.39 is 59.6 Å². The van der Waals surface area contributed by atoms with Crippen molar-refractivity contribution < 1.29 is 38.6 Å². The largest absolute Gasteiger partial charge is 0.391 e. The number of carbonyl (C=O) groups is 6. The Kier molecular flexibility index (Phi) is 18.8. The molecule has 0 aliphatic carbocycles. The van der Waals surface area contributed by atoms with Gasteiger partial charge in [-0.05, 0) is 98.1 Å². The molecule has 16 nitrogen and oxygen atoms in total. The number of aryl methyl sites for hydroxylation is 3. The molecule has 0 bridgehead atoms. The van der Waals surface area contributed by atoms with Crippen molar-refractivity contribution in [2.75, 3.05) is 11.4 Å². The number of unbranched alkanes of at least 4 members (excludes halogenated alkanes) is 1. The molecule has 8 atom stereocenters. The molecule has 3 aromatic carbocycles. The predicted octanol–water partition coefficient (Wildman–Crippen LogP) is 5.51. The number of anilines is 1. The highest BCUT2D eigenvalue weighted by Gasteiger charge is 2.46. The highest BCUT2D eigenvalue weighted by atomic mass is 35.5. The molecular formula is C54H71ClN8O8S. The van der Waals surface area contributed by atoms with Crippen molar-refractivity contribution >= 4 is 64.9 Å². The molecule has 7 rings (SSSR count). The molecule has 4 aromatic rings. The van der Waals surface area contributed by atoms with Gasteiger partial charge >= 0.3 is 0 Å². The van der Waals surface area contributed by atoms with Crippen LogP contribution in [-0.4, -0.2) is 99.4 Å². The Bertz CT molecular complexity index is 2570. The highest BCUT2D eigenvalue weighted by Crippen LogP contribution is 2.39. The van der Waals surface area contributed by atoms with Gasteiger partial charge in [0.2, 0.25) is 35.4 Å². The van der Waals surface area contributed by atoms with Crippen molar-refractivity contribution in [3.05, 3.63) is 106 Å². The Morgan fingerprint density at radius 2 is 1.58 bits per heavy atom. The number of hydrogen-bond donors (Lipinski definition) is 6. The van der Waals surface area contributed by atoms with E-state index in [1.165, 1.54) is 4.90 Å². The summed E-state index contributed by atoms with van der Waals surface area (Å²) in [6.07, 6.45) is 2.80. The van der Waals surface area contributed by atoms with Gasteiger partial charge in [-0.15, -0.1) is 23.7 Å². The van der Waals surface area contributed by atoms with E-state index in [1.54, 1.807) is 16.2 Å². The Morgan fingerprint density at radius 3 is 2.25 bits per heavy atom. The zero-order valence-corrected chi connectivity index (χ0v) is 43.8. The van der Waals surface area contributed by atoms with Gasteiger partial charge in [0, 0.05) is 32.2 Å². The lowest BCUT2D eigenvalue weighted by molar-refractivity contribution is -0.144. The van der Waals surface area contributed by atoms with Gasteiger partial charge in [-0.3, -0.25) is 33.7 Å². The number of ether oxygens (including phenoxy) is 1. The summed E-state index contributed by atoms with van der Waals surface area (Å²) in [6, 6.07) is 17.6. The van der Waals surface area contributed by atoms with Crippen molar-refractivity contribution in [3.63, 3.8) is 0 Å². The quantitative estimate of drug-likeness (QED) is 0.0607. The normalized spacial score (nSPS) is 20.1. The molecule has 1 saturated heterocycles. The fourth-order valence-corrected chi connectivity index (χ4v) is 10.7. The van der Waals surface area contributed by atoms with Crippen LogP contribution in [0.3, 0.4) is 0 Å². The first-order chi connectivity index (χ1) is 33.8. The second-order valence-corrected chi connectivity index (χ2v) is 21.4. The fraction of sp³-hybridized carbons (Fsp3) is 0.500. The van der Waals surface area contributed by atoms with Crippen LogP contribution in [0.25, 0.3) is 10.4 Å². The number of benzene rings is 3. The summed E-state index contributed by atoms with van der Waals surface area (Å²) in [4.78, 5) is 88.9. The topological polar surface area (TPSA) is 239 Å². The van der Waals surface area contributed by atoms with Gasteiger partial charge in [0.1, 0.15) is 18.1 Å². The van der Waals surface area contributed by atoms with Crippen LogP contribution in [0.1, 0.15) is 119 Å². The molecule has 18 heteroatoms. The van der Waals surface area contributed by atoms with E-state index in [2.05, 4.69) is 20.9 Å². The van der Waals surface area contributed by atoms with Gasteiger partial charge in [0.25, 0.3) is 0 Å². The SMILES string of the molecule is Cc1ncsc1-c1ccc([C@H](C)NC(=O)[C@@H]2C[C@H](O)CN2C(=O)[C@@H](NC(=O)CCCCc2ccc(CO[C@H](C)[C@H](CCC(N)=O)NC(=O)[C@@H]3Cc4cccc5c4N3C(=O)[C@@H](N)CC5)cc2)C(C)(C)C)cc1.Cl. The minimum atomic E-state index is -0.916. The standard InChI is InChI=1S/C54H70N8O8S.ClH/c1-31(36-18-20-38(21-19-36)48-32(2)57-30-71-48)58-50(66)43-27-40(63)28-61(43)53(69)49(54(4,5)6)60-46(65)13-8-7-10-34-14-16-35(17-15-34)29-70-33(3)42(24-25-45(56)64)59-51(67)44-26-39-12-9-11-37-22-23-41(55)52(68)62(44)47(37)39;/h9,11-12,14-21,30-31,33,40-44,49,63H,7-8,10,13,22-29,55H2,1-6H3,(H2,56,64)(H,58,66)(H,59,67)(H,60,65);1H/t31-,33+,40-,41-,42-,43-,44-,49+;/m0./s1. The molecule has 1 fully saturated rings. The minimum absolute atomic E-state index is 0. The molecule has 0 saturated carbocycles. The number of hydrogen-bond acceptors (Lipinski definition) is 11. The average Bonchev–Trinajstić information content (AvgIpc) is 4.05. The van der Waals surface area contributed by atoms with E-state index in [0.717, 1.165) is 62.5 Å². The van der Waals surface area contributed by atoms with E-state index in [0.29, 0.717) is 25.7 Å². The van der Waals surface area contributed by atoms with E-state index in [-0.39, 0.29) is 80.9 Å². The molecule has 4 heterocycles. The number of amides is 6. The second kappa shape index (κ2) is 24.3. The Balaban J connectivity index is 0.00000847. The molecule has 0 radical (unpaired) electrons. The number of nitrogens with two attached hydrogens (primary N) is 2. The Hall–Kier alpha value is -5.72. The maximum Gasteiger partial charge on any atom is 0.246 e. The van der Waals surface area contributed by atoms with Crippen LogP contribution in [0.5, 0.6) is 0 Å². The molecule has 388 valence electrons. The molecule has 8 N–H and O–H groups in total. The first-order valence-corrected chi connectivity index (χ1v) is 25.7. The zero-order valence-electron chi connectivity index (χ0n) is 42.2. The van der Waals surface area contributed by atoms with Crippen molar-refractivity contribution in [3.8, 4) is 10.4 Å². The minimum Gasteiger partial charge on any atom is -0.391 e. The summed E-state index contributed by atoms with van der Waals surface area (Å²) in [6.45, 7) is 11.5. The number of β-amino-alcohol motifs (C(OH)–C–C–N with tert-alkyl or cyclic N) is 1. The number of aromatic nitrogens is 1. The highest BCUT2D eigenvalue weighted by molar-refractivity contribution is 7.13. The summed E-state index contributed by atoms with van der Waals surface area (Å²) in [5.74, 6) is -2.14. The number of carbonyl (C=O) groups excluding carboxylic acids is 6. The van der Waals surface area contributed by atoms with E-state index >= 15 is 0 Å². The van der Waals surface area contributed by atoms with Crippen LogP contribution >= 0.6 is 23.7 Å². The number of likely N-dealkylation sites (tertiary alicyclic amines) is 1. The maximum atomic E-state index is 14.2. The van der Waals surface area contributed by atoms with Gasteiger partial charge in [0.15, 0.2) is 0 Å². The fourth-order valence-electron chi connectivity index (χ4n) is 9.87. The summed E-state index contributed by atoms with van der Waals surface area (Å²) in [5, 5.41) is 19.8. The maximum absolute atomic E-state index is 14.2. The van der Waals surface area contributed by atoms with Gasteiger partial charge < -0.3 is 42.2 Å². The van der Waals surface area contributed by atoms with E-state index in [1.807, 2.05) is 114 Å². The number of nitrogens with one attached hydrogen (secondary N) is 3. The average molecular weight is 1030 g/mol. The number of thiazole rings is 1. The first kappa shape index (κ1) is 55.6. The van der Waals surface area contributed by atoms with Crippen molar-refractivity contribution in [1.82, 2.24) is 25.8 Å². The number of aliphatic hydroxyl groups is 1. The van der Waals surface area contributed by atoms with E-state index in [9.17, 15) is 33.9 Å². The molecule has 3 aliphatic heterocycles. The van der Waals surface area contributed by atoms with Gasteiger partial charge in [-0.25, -0.2) is 4.98 Å². The lowest BCUT2D eigenvalue weighted by Crippen LogP contribution is -2.57. The Labute approximate surface area is 432 Å². The zero-order chi connectivity index (χ0) is 51.1. The number of para-hydroxylation sites is 1. The predicted molar refractivity (Wildman–Crippen MR) is 280 cm³/mol. The molecule has 0 spiro atoms. The Morgan fingerprint density at radius 1 is 0.903 bits per heavy atom. The van der Waals surface area contributed by atoms with Crippen LogP contribution in [-0.2, 0) is 59.4 Å². The van der Waals surface area contributed by atoms with Gasteiger partial charge in [-0.1, -0.05) is 87.5 Å². The lowest BCUT2D eigenvalue weighted by atomic mass is 9.85. The monoisotopic (exact) mass is 1030 g/mol. The van der Waals surface area contributed by atoms with Crippen molar-refractivity contribution in [2.45, 2.75) is 161 Å². The summed E-state index contributed by atoms with van der Waals surface area (Å²) < 4.78 is 6.26. The molecule has 3 aliphatic rings. The summed E-state index contributed by atoms with van der Waals surface area (Å²) >= 11 is 1.57. The third-order valence-corrected chi connectivity index (χ3v) is 15.0. The first-order valence-electron chi connectivity index (χ1n) is 24.8. The summed E-state index contributed by atoms with van der Waals surface area (Å²) in [5.41, 5.74) is 20.5.